The van der Waals surface area contributed by atoms with E-state index in [1.165, 1.54) is 0 Å². The molecule has 3 rings (SSSR count). The number of ether oxygens (including phenoxy) is 1. The highest BCUT2D eigenvalue weighted by Crippen LogP contribution is 2.50. The molecule has 2 atom stereocenters. The first-order valence-electron chi connectivity index (χ1n) is 6.89. The molecular weight excluding hydrogens is 264 g/mol. The Bertz CT molecular complexity index is 631. The molecule has 1 aliphatic rings. The van der Waals surface area contributed by atoms with Gasteiger partial charge >= 0.3 is 11.9 Å². The van der Waals surface area contributed by atoms with Crippen molar-refractivity contribution in [3.63, 3.8) is 0 Å². The summed E-state index contributed by atoms with van der Waals surface area (Å²) in [6.45, 7) is 3.56. The molecule has 0 amide bonds. The van der Waals surface area contributed by atoms with Crippen LogP contribution in [0.2, 0.25) is 0 Å². The minimum absolute atomic E-state index is 0.495. The molecule has 2 aromatic rings. The van der Waals surface area contributed by atoms with Gasteiger partial charge in [0, 0.05) is 0 Å². The molecular formula is C18H16O3. The van der Waals surface area contributed by atoms with E-state index in [0.29, 0.717) is 0 Å². The van der Waals surface area contributed by atoms with Crippen molar-refractivity contribution < 1.29 is 14.3 Å². The van der Waals surface area contributed by atoms with E-state index >= 15 is 0 Å². The van der Waals surface area contributed by atoms with Gasteiger partial charge in [-0.05, 0) is 25.0 Å². The molecule has 0 aromatic heterocycles. The van der Waals surface area contributed by atoms with Crippen molar-refractivity contribution in [2.75, 3.05) is 0 Å². The SMILES string of the molecule is CC1(c2ccccc2)C(=O)OC(=O)C1(C)c1ccccc1. The summed E-state index contributed by atoms with van der Waals surface area (Å²) in [5, 5.41) is 0. The number of carbonyl (C=O) groups is 2. The third-order valence-corrected chi connectivity index (χ3v) is 4.70. The fourth-order valence-electron chi connectivity index (χ4n) is 3.05. The molecule has 2 unspecified atom stereocenters. The van der Waals surface area contributed by atoms with Crippen LogP contribution in [0, 0.1) is 0 Å². The van der Waals surface area contributed by atoms with Crippen molar-refractivity contribution in [3.8, 4) is 0 Å². The van der Waals surface area contributed by atoms with Gasteiger partial charge in [-0.1, -0.05) is 60.7 Å². The van der Waals surface area contributed by atoms with Gasteiger partial charge in [0.25, 0.3) is 0 Å². The summed E-state index contributed by atoms with van der Waals surface area (Å²) in [6, 6.07) is 18.7. The molecule has 0 N–H and O–H groups in total. The molecule has 1 aliphatic heterocycles. The predicted octanol–water partition coefficient (Wildman–Crippen LogP) is 2.99. The molecule has 2 aromatic carbocycles. The Morgan fingerprint density at radius 2 is 1.00 bits per heavy atom. The Labute approximate surface area is 123 Å². The summed E-state index contributed by atoms with van der Waals surface area (Å²) in [4.78, 5) is 24.9. The van der Waals surface area contributed by atoms with Crippen molar-refractivity contribution in [3.05, 3.63) is 71.8 Å². The second-order valence-corrected chi connectivity index (χ2v) is 5.66. The summed E-state index contributed by atoms with van der Waals surface area (Å²) < 4.78 is 5.02. The fraction of sp³-hybridized carbons (Fsp3) is 0.222. The Morgan fingerprint density at radius 1 is 0.667 bits per heavy atom. The van der Waals surface area contributed by atoms with Gasteiger partial charge in [-0.2, -0.15) is 0 Å². The summed E-state index contributed by atoms with van der Waals surface area (Å²) >= 11 is 0. The fourth-order valence-corrected chi connectivity index (χ4v) is 3.05. The summed E-state index contributed by atoms with van der Waals surface area (Å²) in [7, 11) is 0. The topological polar surface area (TPSA) is 43.4 Å². The molecule has 0 radical (unpaired) electrons. The number of carbonyl (C=O) groups excluding carboxylic acids is 2. The zero-order valence-electron chi connectivity index (χ0n) is 12.0. The molecule has 0 spiro atoms. The third-order valence-electron chi connectivity index (χ3n) is 4.70. The van der Waals surface area contributed by atoms with Crippen molar-refractivity contribution in [1.82, 2.24) is 0 Å². The lowest BCUT2D eigenvalue weighted by Gasteiger charge is -2.35. The lowest BCUT2D eigenvalue weighted by Crippen LogP contribution is -2.47. The number of cyclic esters (lactones) is 2. The molecule has 0 bridgehead atoms. The van der Waals surface area contributed by atoms with Crippen molar-refractivity contribution >= 4 is 11.9 Å². The van der Waals surface area contributed by atoms with Gasteiger partial charge in [0.1, 0.15) is 10.8 Å². The number of benzene rings is 2. The van der Waals surface area contributed by atoms with Crippen LogP contribution < -0.4 is 0 Å². The van der Waals surface area contributed by atoms with Gasteiger partial charge in [-0.15, -0.1) is 0 Å². The number of hydrogen-bond donors (Lipinski definition) is 0. The van der Waals surface area contributed by atoms with Gasteiger partial charge in [0.15, 0.2) is 0 Å². The summed E-state index contributed by atoms with van der Waals surface area (Å²) in [5.74, 6) is -0.991. The van der Waals surface area contributed by atoms with Crippen LogP contribution in [0.4, 0.5) is 0 Å². The zero-order valence-corrected chi connectivity index (χ0v) is 12.0. The lowest BCUT2D eigenvalue weighted by molar-refractivity contribution is -0.154. The second kappa shape index (κ2) is 4.55. The van der Waals surface area contributed by atoms with Crippen LogP contribution in [0.5, 0.6) is 0 Å². The van der Waals surface area contributed by atoms with E-state index in [9.17, 15) is 9.59 Å². The van der Waals surface area contributed by atoms with Gasteiger partial charge in [-0.3, -0.25) is 9.59 Å². The van der Waals surface area contributed by atoms with Gasteiger partial charge < -0.3 is 4.74 Å². The first kappa shape index (κ1) is 13.6. The van der Waals surface area contributed by atoms with Crippen LogP contribution in [-0.4, -0.2) is 11.9 Å². The Balaban J connectivity index is 2.27. The van der Waals surface area contributed by atoms with Crippen molar-refractivity contribution in [2.24, 2.45) is 0 Å². The normalized spacial score (nSPS) is 28.5. The van der Waals surface area contributed by atoms with E-state index in [0.717, 1.165) is 11.1 Å². The van der Waals surface area contributed by atoms with E-state index < -0.39 is 22.8 Å². The average Bonchev–Trinajstić information content (AvgIpc) is 2.71. The quantitative estimate of drug-likeness (QED) is 0.627. The second-order valence-electron chi connectivity index (χ2n) is 5.66. The zero-order chi connectivity index (χ0) is 15.1. The maximum absolute atomic E-state index is 12.5. The molecule has 21 heavy (non-hydrogen) atoms. The monoisotopic (exact) mass is 280 g/mol. The predicted molar refractivity (Wildman–Crippen MR) is 78.7 cm³/mol. The molecule has 3 nitrogen and oxygen atoms in total. The average molecular weight is 280 g/mol. The minimum atomic E-state index is -1.04. The summed E-state index contributed by atoms with van der Waals surface area (Å²) in [6.07, 6.45) is 0. The molecule has 1 fully saturated rings. The largest absolute Gasteiger partial charge is 0.392 e. The van der Waals surface area contributed by atoms with Gasteiger partial charge in [-0.25, -0.2) is 0 Å². The number of esters is 2. The van der Waals surface area contributed by atoms with Crippen LogP contribution in [-0.2, 0) is 25.2 Å². The summed E-state index contributed by atoms with van der Waals surface area (Å²) in [5.41, 5.74) is -0.501. The third kappa shape index (κ3) is 1.67. The van der Waals surface area contributed by atoms with E-state index in [-0.39, 0.29) is 0 Å². The van der Waals surface area contributed by atoms with Crippen LogP contribution in [0.1, 0.15) is 25.0 Å². The molecule has 3 heteroatoms. The van der Waals surface area contributed by atoms with Crippen LogP contribution in [0.25, 0.3) is 0 Å². The maximum Gasteiger partial charge on any atom is 0.325 e. The number of hydrogen-bond acceptors (Lipinski definition) is 3. The molecule has 0 aliphatic carbocycles. The Morgan fingerprint density at radius 3 is 1.33 bits per heavy atom. The highest BCUT2D eigenvalue weighted by molar-refractivity contribution is 6.08. The van der Waals surface area contributed by atoms with E-state index in [4.69, 9.17) is 4.74 Å². The van der Waals surface area contributed by atoms with Gasteiger partial charge in [0.05, 0.1) is 0 Å². The maximum atomic E-state index is 12.5. The van der Waals surface area contributed by atoms with E-state index in [1.807, 2.05) is 60.7 Å². The minimum Gasteiger partial charge on any atom is -0.392 e. The van der Waals surface area contributed by atoms with E-state index in [1.54, 1.807) is 13.8 Å². The van der Waals surface area contributed by atoms with Crippen LogP contribution in [0.3, 0.4) is 0 Å². The highest BCUT2D eigenvalue weighted by atomic mass is 16.6. The van der Waals surface area contributed by atoms with Crippen molar-refractivity contribution in [2.45, 2.75) is 24.7 Å². The highest BCUT2D eigenvalue weighted by Gasteiger charge is 2.64. The smallest absolute Gasteiger partial charge is 0.325 e. The van der Waals surface area contributed by atoms with E-state index in [2.05, 4.69) is 0 Å². The van der Waals surface area contributed by atoms with Crippen LogP contribution >= 0.6 is 0 Å². The Hall–Kier alpha value is -2.42. The molecule has 1 saturated heterocycles. The standard InChI is InChI=1S/C18H16O3/c1-17(13-9-5-3-6-10-13)15(19)21-16(20)18(17,2)14-11-7-4-8-12-14/h3-12H,1-2H3. The van der Waals surface area contributed by atoms with Crippen molar-refractivity contribution in [1.29, 1.82) is 0 Å². The lowest BCUT2D eigenvalue weighted by atomic mass is 9.60. The molecule has 106 valence electrons. The first-order chi connectivity index (χ1) is 10.0. The van der Waals surface area contributed by atoms with Crippen LogP contribution in [0.15, 0.2) is 60.7 Å². The Kier molecular flexibility index (Phi) is 2.94. The first-order valence-corrected chi connectivity index (χ1v) is 6.89. The molecule has 1 heterocycles. The number of rotatable bonds is 2. The van der Waals surface area contributed by atoms with Gasteiger partial charge in [0.2, 0.25) is 0 Å². The molecule has 0 saturated carbocycles.